The fourth-order valence-corrected chi connectivity index (χ4v) is 4.50. The van der Waals surface area contributed by atoms with Gasteiger partial charge in [-0.15, -0.1) is 0 Å². The van der Waals surface area contributed by atoms with Crippen molar-refractivity contribution in [2.24, 2.45) is 0 Å². The Labute approximate surface area is 181 Å². The zero-order valence-corrected chi connectivity index (χ0v) is 17.5. The van der Waals surface area contributed by atoms with Crippen molar-refractivity contribution in [1.82, 2.24) is 18.9 Å². The van der Waals surface area contributed by atoms with Crippen molar-refractivity contribution in [2.45, 2.75) is 17.8 Å². The molecular weight excluding hydrogens is 408 g/mol. The van der Waals surface area contributed by atoms with Crippen LogP contribution in [0.4, 0.5) is 0 Å². The van der Waals surface area contributed by atoms with E-state index in [2.05, 4.69) is 4.98 Å². The van der Waals surface area contributed by atoms with E-state index in [1.165, 1.54) is 11.8 Å². The molecule has 3 aromatic heterocycles. The van der Waals surface area contributed by atoms with E-state index < -0.39 is 0 Å². The van der Waals surface area contributed by atoms with Crippen LogP contribution in [0.15, 0.2) is 93.6 Å². The Morgan fingerprint density at radius 3 is 2.48 bits per heavy atom. The summed E-state index contributed by atoms with van der Waals surface area (Å²) in [5, 5.41) is 1.12. The van der Waals surface area contributed by atoms with Crippen LogP contribution in [0.5, 0.6) is 0 Å². The zero-order chi connectivity index (χ0) is 21.4. The quantitative estimate of drug-likeness (QED) is 0.321. The van der Waals surface area contributed by atoms with Crippen molar-refractivity contribution in [3.05, 3.63) is 111 Å². The summed E-state index contributed by atoms with van der Waals surface area (Å²) in [4.78, 5) is 35.2. The molecular formula is C24H18N4O2S. The van der Waals surface area contributed by atoms with Gasteiger partial charge >= 0.3 is 0 Å². The number of aromatic nitrogens is 4. The van der Waals surface area contributed by atoms with E-state index in [0.717, 1.165) is 11.4 Å². The molecule has 0 aliphatic heterocycles. The van der Waals surface area contributed by atoms with Crippen LogP contribution >= 0.6 is 11.8 Å². The molecule has 5 rings (SSSR count). The molecule has 31 heavy (non-hydrogen) atoms. The molecule has 0 saturated carbocycles. The molecule has 0 bridgehead atoms. The van der Waals surface area contributed by atoms with Crippen LogP contribution in [0.3, 0.4) is 0 Å². The number of hydrogen-bond acceptors (Lipinski definition) is 5. The van der Waals surface area contributed by atoms with Crippen molar-refractivity contribution in [1.29, 1.82) is 0 Å². The summed E-state index contributed by atoms with van der Waals surface area (Å²) in [5.41, 5.74) is 3.23. The van der Waals surface area contributed by atoms with E-state index >= 15 is 0 Å². The first-order valence-electron chi connectivity index (χ1n) is 9.80. The van der Waals surface area contributed by atoms with Crippen molar-refractivity contribution in [3.8, 4) is 5.69 Å². The van der Waals surface area contributed by atoms with E-state index in [-0.39, 0.29) is 11.1 Å². The second kappa shape index (κ2) is 7.85. The molecule has 6 nitrogen and oxygen atoms in total. The first kappa shape index (κ1) is 19.3. The Morgan fingerprint density at radius 1 is 0.871 bits per heavy atom. The summed E-state index contributed by atoms with van der Waals surface area (Å²) in [6.45, 7) is 1.88. The first-order chi connectivity index (χ1) is 15.1. The predicted octanol–water partition coefficient (Wildman–Crippen LogP) is 3.99. The number of aryl methyl sites for hydroxylation is 1. The topological polar surface area (TPSA) is 69.3 Å². The van der Waals surface area contributed by atoms with Crippen LogP contribution in [0.25, 0.3) is 22.2 Å². The van der Waals surface area contributed by atoms with E-state index in [1.807, 2.05) is 73.7 Å². The number of hydrogen-bond donors (Lipinski definition) is 0. The molecule has 0 spiro atoms. The molecule has 0 aliphatic carbocycles. The van der Waals surface area contributed by atoms with Gasteiger partial charge in [-0.1, -0.05) is 48.2 Å². The molecule has 0 radical (unpaired) electrons. The van der Waals surface area contributed by atoms with Gasteiger partial charge < -0.3 is 0 Å². The average Bonchev–Trinajstić information content (AvgIpc) is 2.78. The Hall–Kier alpha value is -3.71. The Morgan fingerprint density at radius 2 is 1.65 bits per heavy atom. The maximum Gasteiger partial charge on any atom is 0.266 e. The van der Waals surface area contributed by atoms with Crippen LogP contribution < -0.4 is 11.1 Å². The minimum atomic E-state index is -0.124. The monoisotopic (exact) mass is 426 g/mol. The third-order valence-corrected chi connectivity index (χ3v) is 6.01. The lowest BCUT2D eigenvalue weighted by Gasteiger charge is -2.13. The molecule has 2 aromatic carbocycles. The largest absolute Gasteiger partial charge is 0.269 e. The SMILES string of the molecule is Cc1cccc2nc(CSc3nc4ccccc4c(=O)n3-c3ccccc3)cc(=O)n12. The Balaban J connectivity index is 1.60. The highest BCUT2D eigenvalue weighted by Gasteiger charge is 2.14. The molecule has 5 aromatic rings. The standard InChI is InChI=1S/C24H18N4O2S/c1-16-8-7-13-21-25-17(14-22(29)27(16)21)15-31-24-26-20-12-6-5-11-19(20)23(30)28(24)18-9-3-2-4-10-18/h2-14H,15H2,1H3. The number of benzene rings is 2. The predicted molar refractivity (Wildman–Crippen MR) is 123 cm³/mol. The number of nitrogens with zero attached hydrogens (tertiary/aromatic N) is 4. The molecule has 0 unspecified atom stereocenters. The van der Waals surface area contributed by atoms with Crippen LogP contribution in [0.2, 0.25) is 0 Å². The molecule has 0 fully saturated rings. The highest BCUT2D eigenvalue weighted by atomic mass is 32.2. The van der Waals surface area contributed by atoms with Gasteiger partial charge in [0.2, 0.25) is 0 Å². The maximum absolute atomic E-state index is 13.3. The van der Waals surface area contributed by atoms with E-state index in [4.69, 9.17) is 4.98 Å². The third kappa shape index (κ3) is 3.53. The molecule has 152 valence electrons. The van der Waals surface area contributed by atoms with Gasteiger partial charge in [-0.05, 0) is 43.3 Å². The average molecular weight is 427 g/mol. The molecule has 0 atom stereocenters. The van der Waals surface area contributed by atoms with E-state index in [1.54, 1.807) is 21.1 Å². The third-order valence-electron chi connectivity index (χ3n) is 5.04. The molecule has 0 aliphatic rings. The molecule has 7 heteroatoms. The fourth-order valence-electron chi connectivity index (χ4n) is 3.59. The number of rotatable bonds is 4. The summed E-state index contributed by atoms with van der Waals surface area (Å²) in [5.74, 6) is 0.414. The van der Waals surface area contributed by atoms with Gasteiger partial charge in [0, 0.05) is 17.5 Å². The van der Waals surface area contributed by atoms with Gasteiger partial charge in [-0.2, -0.15) is 0 Å². The number of para-hydroxylation sites is 2. The lowest BCUT2D eigenvalue weighted by molar-refractivity contribution is 0.819. The highest BCUT2D eigenvalue weighted by Crippen LogP contribution is 2.24. The van der Waals surface area contributed by atoms with E-state index in [0.29, 0.717) is 33.2 Å². The van der Waals surface area contributed by atoms with Crippen molar-refractivity contribution >= 4 is 28.3 Å². The summed E-state index contributed by atoms with van der Waals surface area (Å²) in [6.07, 6.45) is 0. The van der Waals surface area contributed by atoms with Crippen LogP contribution in [0.1, 0.15) is 11.4 Å². The second-order valence-corrected chi connectivity index (χ2v) is 8.07. The molecule has 0 N–H and O–H groups in total. The summed E-state index contributed by atoms with van der Waals surface area (Å²) < 4.78 is 3.20. The highest BCUT2D eigenvalue weighted by molar-refractivity contribution is 7.98. The lowest BCUT2D eigenvalue weighted by Crippen LogP contribution is -2.22. The van der Waals surface area contributed by atoms with Gasteiger partial charge in [0.1, 0.15) is 5.65 Å². The zero-order valence-electron chi connectivity index (χ0n) is 16.7. The van der Waals surface area contributed by atoms with E-state index in [9.17, 15) is 9.59 Å². The van der Waals surface area contributed by atoms with Gasteiger partial charge in [-0.25, -0.2) is 9.97 Å². The molecule has 3 heterocycles. The minimum Gasteiger partial charge on any atom is -0.269 e. The van der Waals surface area contributed by atoms with Gasteiger partial charge in [0.05, 0.1) is 22.3 Å². The maximum atomic E-state index is 13.3. The number of thioether (sulfide) groups is 1. The summed E-state index contributed by atoms with van der Waals surface area (Å²) in [6, 6.07) is 23.9. The lowest BCUT2D eigenvalue weighted by atomic mass is 10.2. The molecule has 0 saturated heterocycles. The normalized spacial score (nSPS) is 11.3. The summed E-state index contributed by atoms with van der Waals surface area (Å²) >= 11 is 1.39. The van der Waals surface area contributed by atoms with Crippen molar-refractivity contribution < 1.29 is 0 Å². The smallest absolute Gasteiger partial charge is 0.266 e. The number of fused-ring (bicyclic) bond motifs is 2. The Kier molecular flexibility index (Phi) is 4.88. The minimum absolute atomic E-state index is 0.120. The van der Waals surface area contributed by atoms with Crippen LogP contribution in [-0.4, -0.2) is 18.9 Å². The first-order valence-corrected chi connectivity index (χ1v) is 10.8. The van der Waals surface area contributed by atoms with Crippen LogP contribution in [0, 0.1) is 6.92 Å². The van der Waals surface area contributed by atoms with Gasteiger partial charge in [0.25, 0.3) is 11.1 Å². The van der Waals surface area contributed by atoms with Crippen molar-refractivity contribution in [2.75, 3.05) is 0 Å². The Bertz CT molecular complexity index is 1540. The second-order valence-electron chi connectivity index (χ2n) is 7.12. The summed E-state index contributed by atoms with van der Waals surface area (Å²) in [7, 11) is 0. The molecule has 0 amide bonds. The number of pyridine rings is 1. The van der Waals surface area contributed by atoms with Crippen molar-refractivity contribution in [3.63, 3.8) is 0 Å². The van der Waals surface area contributed by atoms with Gasteiger partial charge in [-0.3, -0.25) is 18.6 Å². The van der Waals surface area contributed by atoms with Crippen LogP contribution in [-0.2, 0) is 5.75 Å². The fraction of sp³-hybridized carbons (Fsp3) is 0.0833. The van der Waals surface area contributed by atoms with Gasteiger partial charge in [0.15, 0.2) is 5.16 Å².